The number of carbonyl (C=O) groups excluding carboxylic acids is 1. The zero-order valence-corrected chi connectivity index (χ0v) is 20.8. The highest BCUT2D eigenvalue weighted by Crippen LogP contribution is 2.32. The number of nitrogens with zero attached hydrogens (tertiary/aromatic N) is 5. The maximum Gasteiger partial charge on any atom is 0.279 e. The molecule has 1 aromatic heterocycles. The summed E-state index contributed by atoms with van der Waals surface area (Å²) in [4.78, 5) is 26.7. The van der Waals surface area contributed by atoms with E-state index in [9.17, 15) is 9.18 Å². The molecule has 0 aliphatic carbocycles. The molecule has 0 N–H and O–H groups in total. The van der Waals surface area contributed by atoms with Gasteiger partial charge in [-0.15, -0.1) is 0 Å². The first-order chi connectivity index (χ1) is 17.4. The summed E-state index contributed by atoms with van der Waals surface area (Å²) >= 11 is 0. The standard InChI is InChI=1S/C28H30FN5O2/c1-19-17-33(18-30-19)25-12-7-21(16-26(25)36-3)15-24-27(35)34(20(2)22-8-10-23(29)11-9-22)28(31-24)32-13-5-4-6-14-32/h7-12,15-18,20H,4-6,13-14H2,1-3H3/t20-/m0/s1. The summed E-state index contributed by atoms with van der Waals surface area (Å²) in [6.45, 7) is 5.61. The number of imidazole rings is 1. The molecule has 186 valence electrons. The van der Waals surface area contributed by atoms with Gasteiger partial charge in [-0.25, -0.2) is 14.4 Å². The van der Waals surface area contributed by atoms with Crippen LogP contribution in [0.2, 0.25) is 0 Å². The first kappa shape index (κ1) is 23.8. The van der Waals surface area contributed by atoms with Gasteiger partial charge in [0, 0.05) is 19.3 Å². The molecule has 0 radical (unpaired) electrons. The average Bonchev–Trinajstić information content (AvgIpc) is 3.47. The van der Waals surface area contributed by atoms with Crippen molar-refractivity contribution in [2.75, 3.05) is 20.2 Å². The maximum atomic E-state index is 13.7. The summed E-state index contributed by atoms with van der Waals surface area (Å²) in [5.74, 6) is 0.873. The summed E-state index contributed by atoms with van der Waals surface area (Å²) in [6.07, 6.45) is 8.79. The van der Waals surface area contributed by atoms with Crippen LogP contribution in [0, 0.1) is 12.7 Å². The van der Waals surface area contributed by atoms with Crippen molar-refractivity contribution >= 4 is 17.9 Å². The van der Waals surface area contributed by atoms with E-state index in [-0.39, 0.29) is 17.8 Å². The minimum atomic E-state index is -0.299. The molecule has 3 aromatic rings. The van der Waals surface area contributed by atoms with E-state index in [2.05, 4.69) is 9.88 Å². The van der Waals surface area contributed by atoms with Crippen molar-refractivity contribution in [1.29, 1.82) is 0 Å². The molecular formula is C28H30FN5O2. The molecule has 1 amide bonds. The van der Waals surface area contributed by atoms with Gasteiger partial charge in [-0.2, -0.15) is 0 Å². The zero-order valence-electron chi connectivity index (χ0n) is 20.8. The normalized spacial score (nSPS) is 18.1. The number of methoxy groups -OCH3 is 1. The topological polar surface area (TPSA) is 63.0 Å². The summed E-state index contributed by atoms with van der Waals surface area (Å²) in [5.41, 5.74) is 3.82. The smallest absolute Gasteiger partial charge is 0.279 e. The van der Waals surface area contributed by atoms with Crippen LogP contribution in [-0.4, -0.2) is 51.4 Å². The lowest BCUT2D eigenvalue weighted by atomic mass is 10.1. The van der Waals surface area contributed by atoms with Gasteiger partial charge in [-0.1, -0.05) is 18.2 Å². The summed E-state index contributed by atoms with van der Waals surface area (Å²) in [6, 6.07) is 11.8. The number of amides is 1. The molecular weight excluding hydrogens is 457 g/mol. The quantitative estimate of drug-likeness (QED) is 0.469. The van der Waals surface area contributed by atoms with Crippen molar-refractivity contribution in [2.24, 2.45) is 4.99 Å². The number of aryl methyl sites for hydroxylation is 1. The fraction of sp³-hybridized carbons (Fsp3) is 0.321. The molecule has 2 aliphatic rings. The molecule has 8 heteroatoms. The predicted octanol–water partition coefficient (Wildman–Crippen LogP) is 5.11. The number of hydrogen-bond acceptors (Lipinski definition) is 5. The Balaban J connectivity index is 1.50. The number of piperidine rings is 1. The highest BCUT2D eigenvalue weighted by molar-refractivity contribution is 6.14. The van der Waals surface area contributed by atoms with Crippen molar-refractivity contribution in [2.45, 2.75) is 39.2 Å². The van der Waals surface area contributed by atoms with Gasteiger partial charge in [0.2, 0.25) is 5.96 Å². The van der Waals surface area contributed by atoms with Crippen LogP contribution in [0.1, 0.15) is 49.0 Å². The third-order valence-corrected chi connectivity index (χ3v) is 6.75. The number of rotatable bonds is 5. The van der Waals surface area contributed by atoms with Crippen LogP contribution in [0.5, 0.6) is 5.75 Å². The second kappa shape index (κ2) is 9.97. The van der Waals surface area contributed by atoms with Crippen LogP contribution in [-0.2, 0) is 4.79 Å². The summed E-state index contributed by atoms with van der Waals surface area (Å²) in [5, 5.41) is 0. The Morgan fingerprint density at radius 3 is 2.50 bits per heavy atom. The van der Waals surface area contributed by atoms with Gasteiger partial charge >= 0.3 is 0 Å². The number of halogens is 1. The summed E-state index contributed by atoms with van der Waals surface area (Å²) < 4.78 is 21.1. The molecule has 5 rings (SSSR count). The highest BCUT2D eigenvalue weighted by Gasteiger charge is 2.37. The number of likely N-dealkylation sites (tertiary alicyclic amines) is 1. The van der Waals surface area contributed by atoms with Gasteiger partial charge in [0.1, 0.15) is 17.3 Å². The molecule has 2 aromatic carbocycles. The Kier molecular flexibility index (Phi) is 6.59. The van der Waals surface area contributed by atoms with E-state index in [0.717, 1.165) is 48.4 Å². The minimum Gasteiger partial charge on any atom is -0.495 e. The third-order valence-electron chi connectivity index (χ3n) is 6.75. The Labute approximate surface area is 210 Å². The van der Waals surface area contributed by atoms with Gasteiger partial charge in [-0.3, -0.25) is 9.69 Å². The SMILES string of the molecule is COc1cc(C=C2N=C(N3CCCCC3)N([C@@H](C)c3ccc(F)cc3)C2=O)ccc1-n1cnc(C)c1. The lowest BCUT2D eigenvalue weighted by molar-refractivity contribution is -0.124. The molecule has 3 heterocycles. The molecule has 1 fully saturated rings. The second-order valence-electron chi connectivity index (χ2n) is 9.25. The van der Waals surface area contributed by atoms with Crippen molar-refractivity contribution in [3.8, 4) is 11.4 Å². The van der Waals surface area contributed by atoms with E-state index in [1.165, 1.54) is 18.6 Å². The van der Waals surface area contributed by atoms with Crippen molar-refractivity contribution in [3.05, 3.63) is 83.3 Å². The van der Waals surface area contributed by atoms with Crippen LogP contribution in [0.4, 0.5) is 4.39 Å². The van der Waals surface area contributed by atoms with Gasteiger partial charge < -0.3 is 14.2 Å². The minimum absolute atomic E-state index is 0.166. The van der Waals surface area contributed by atoms with Crippen LogP contribution in [0.3, 0.4) is 0 Å². The molecule has 0 spiro atoms. The summed E-state index contributed by atoms with van der Waals surface area (Å²) in [7, 11) is 1.62. The molecule has 1 saturated heterocycles. The monoisotopic (exact) mass is 487 g/mol. The van der Waals surface area contributed by atoms with Crippen molar-refractivity contribution in [3.63, 3.8) is 0 Å². The van der Waals surface area contributed by atoms with Crippen molar-refractivity contribution < 1.29 is 13.9 Å². The van der Waals surface area contributed by atoms with Crippen LogP contribution in [0.25, 0.3) is 11.8 Å². The van der Waals surface area contributed by atoms with E-state index < -0.39 is 0 Å². The second-order valence-corrected chi connectivity index (χ2v) is 9.25. The zero-order chi connectivity index (χ0) is 25.2. The highest BCUT2D eigenvalue weighted by atomic mass is 19.1. The molecule has 0 bridgehead atoms. The molecule has 0 saturated carbocycles. The van der Waals surface area contributed by atoms with Crippen molar-refractivity contribution in [1.82, 2.24) is 19.4 Å². The van der Waals surface area contributed by atoms with Crippen LogP contribution >= 0.6 is 0 Å². The van der Waals surface area contributed by atoms with Crippen LogP contribution in [0.15, 0.2) is 65.7 Å². The Hall–Kier alpha value is -3.94. The van der Waals surface area contributed by atoms with E-state index in [0.29, 0.717) is 17.4 Å². The first-order valence-corrected chi connectivity index (χ1v) is 12.3. The predicted molar refractivity (Wildman–Crippen MR) is 137 cm³/mol. The van der Waals surface area contributed by atoms with Gasteiger partial charge in [0.05, 0.1) is 30.9 Å². The van der Waals surface area contributed by atoms with E-state index in [1.54, 1.807) is 36.5 Å². The maximum absolute atomic E-state index is 13.7. The number of ether oxygens (including phenoxy) is 1. The fourth-order valence-electron chi connectivity index (χ4n) is 4.78. The fourth-order valence-corrected chi connectivity index (χ4v) is 4.78. The van der Waals surface area contributed by atoms with Crippen LogP contribution < -0.4 is 4.74 Å². The van der Waals surface area contributed by atoms with E-state index in [1.807, 2.05) is 42.8 Å². The number of guanidine groups is 1. The molecule has 2 aliphatic heterocycles. The number of hydrogen-bond donors (Lipinski definition) is 0. The van der Waals surface area contributed by atoms with E-state index in [4.69, 9.17) is 9.73 Å². The Bertz CT molecular complexity index is 1320. The number of benzene rings is 2. The largest absolute Gasteiger partial charge is 0.495 e. The number of aliphatic imine (C=N–C) groups is 1. The van der Waals surface area contributed by atoms with Gasteiger partial charge in [0.15, 0.2) is 0 Å². The third kappa shape index (κ3) is 4.63. The lowest BCUT2D eigenvalue weighted by Crippen LogP contribution is -2.46. The van der Waals surface area contributed by atoms with E-state index >= 15 is 0 Å². The van der Waals surface area contributed by atoms with Gasteiger partial charge in [0.25, 0.3) is 5.91 Å². The first-order valence-electron chi connectivity index (χ1n) is 12.3. The molecule has 36 heavy (non-hydrogen) atoms. The molecule has 0 unspecified atom stereocenters. The molecule has 7 nitrogen and oxygen atoms in total. The Morgan fingerprint density at radius 1 is 1.08 bits per heavy atom. The lowest BCUT2D eigenvalue weighted by Gasteiger charge is -2.35. The number of carbonyl (C=O) groups is 1. The number of aromatic nitrogens is 2. The van der Waals surface area contributed by atoms with Gasteiger partial charge in [-0.05, 0) is 74.6 Å². The molecule has 1 atom stereocenters. The average molecular weight is 488 g/mol. The Morgan fingerprint density at radius 2 is 1.83 bits per heavy atom.